The molecule has 0 bridgehead atoms. The van der Waals surface area contributed by atoms with Gasteiger partial charge in [0.15, 0.2) is 0 Å². The fourth-order valence-corrected chi connectivity index (χ4v) is 1.57. The van der Waals surface area contributed by atoms with Gasteiger partial charge < -0.3 is 10.2 Å². The van der Waals surface area contributed by atoms with Gasteiger partial charge in [-0.05, 0) is 31.5 Å². The highest BCUT2D eigenvalue weighted by Gasteiger charge is 2.23. The number of para-hydroxylation sites is 1. The summed E-state index contributed by atoms with van der Waals surface area (Å²) in [6, 6.07) is 9.20. The number of rotatable bonds is 3. The van der Waals surface area contributed by atoms with Crippen LogP contribution in [0.2, 0.25) is 0 Å². The number of carbonyl (C=O) groups excluding carboxylic acids is 1. The third kappa shape index (κ3) is 2.70. The standard InChI is InChI=1S/C11H14N2O2/c14-11(10-7-4-8-12-10)15-13-9-5-2-1-3-6-9/h1-3,5-6,10,12-13H,4,7-8H2/t10-/m0/s1. The molecule has 1 aromatic carbocycles. The second-order valence-corrected chi connectivity index (χ2v) is 3.54. The van der Waals surface area contributed by atoms with Crippen LogP contribution < -0.4 is 10.8 Å². The van der Waals surface area contributed by atoms with Gasteiger partial charge in [-0.25, -0.2) is 10.3 Å². The smallest absolute Gasteiger partial charge is 0.342 e. The average molecular weight is 206 g/mol. The number of carbonyl (C=O) groups is 1. The zero-order valence-electron chi connectivity index (χ0n) is 8.40. The van der Waals surface area contributed by atoms with Crippen LogP contribution in [0.3, 0.4) is 0 Å². The van der Waals surface area contributed by atoms with Crippen LogP contribution in [0.25, 0.3) is 0 Å². The van der Waals surface area contributed by atoms with Crippen molar-refractivity contribution in [3.63, 3.8) is 0 Å². The van der Waals surface area contributed by atoms with Crippen molar-refractivity contribution in [3.05, 3.63) is 30.3 Å². The first-order valence-electron chi connectivity index (χ1n) is 5.11. The van der Waals surface area contributed by atoms with Crippen molar-refractivity contribution in [3.8, 4) is 0 Å². The van der Waals surface area contributed by atoms with E-state index in [1.807, 2.05) is 30.3 Å². The van der Waals surface area contributed by atoms with Crippen LogP contribution in [-0.2, 0) is 9.63 Å². The molecule has 4 nitrogen and oxygen atoms in total. The van der Waals surface area contributed by atoms with E-state index in [1.54, 1.807) is 0 Å². The molecule has 1 fully saturated rings. The summed E-state index contributed by atoms with van der Waals surface area (Å²) in [6.45, 7) is 0.894. The van der Waals surface area contributed by atoms with Crippen molar-refractivity contribution in [1.82, 2.24) is 5.32 Å². The van der Waals surface area contributed by atoms with Gasteiger partial charge in [-0.1, -0.05) is 18.2 Å². The molecular weight excluding hydrogens is 192 g/mol. The molecule has 0 aliphatic carbocycles. The molecular formula is C11H14N2O2. The lowest BCUT2D eigenvalue weighted by molar-refractivity contribution is -0.142. The Hall–Kier alpha value is -1.55. The van der Waals surface area contributed by atoms with Crippen LogP contribution in [0.1, 0.15) is 12.8 Å². The van der Waals surface area contributed by atoms with Gasteiger partial charge in [0.1, 0.15) is 6.04 Å². The molecule has 1 aliphatic heterocycles. The van der Waals surface area contributed by atoms with Gasteiger partial charge in [-0.2, -0.15) is 0 Å². The van der Waals surface area contributed by atoms with Crippen molar-refractivity contribution in [2.24, 2.45) is 0 Å². The second-order valence-electron chi connectivity index (χ2n) is 3.54. The maximum Gasteiger partial charge on any atom is 0.348 e. The van der Waals surface area contributed by atoms with Gasteiger partial charge in [0.2, 0.25) is 0 Å². The van der Waals surface area contributed by atoms with E-state index in [-0.39, 0.29) is 12.0 Å². The minimum Gasteiger partial charge on any atom is -0.342 e. The second kappa shape index (κ2) is 4.79. The zero-order valence-corrected chi connectivity index (χ0v) is 8.40. The number of hydrogen-bond acceptors (Lipinski definition) is 4. The van der Waals surface area contributed by atoms with Crippen molar-refractivity contribution in [2.75, 3.05) is 12.0 Å². The van der Waals surface area contributed by atoms with Gasteiger partial charge in [-0.15, -0.1) is 0 Å². The number of hydrogen-bond donors (Lipinski definition) is 2. The van der Waals surface area contributed by atoms with E-state index in [0.29, 0.717) is 0 Å². The van der Waals surface area contributed by atoms with E-state index < -0.39 is 0 Å². The number of anilines is 1. The van der Waals surface area contributed by atoms with Crippen LogP contribution in [0, 0.1) is 0 Å². The quantitative estimate of drug-likeness (QED) is 0.732. The minimum absolute atomic E-state index is 0.152. The molecule has 0 amide bonds. The van der Waals surface area contributed by atoms with Crippen molar-refractivity contribution < 1.29 is 9.63 Å². The maximum absolute atomic E-state index is 11.5. The van der Waals surface area contributed by atoms with Gasteiger partial charge in [-0.3, -0.25) is 0 Å². The van der Waals surface area contributed by atoms with E-state index in [0.717, 1.165) is 25.1 Å². The lowest BCUT2D eigenvalue weighted by Gasteiger charge is -2.10. The van der Waals surface area contributed by atoms with E-state index >= 15 is 0 Å². The molecule has 1 saturated heterocycles. The molecule has 2 N–H and O–H groups in total. The Morgan fingerprint density at radius 1 is 1.40 bits per heavy atom. The van der Waals surface area contributed by atoms with Crippen LogP contribution in [-0.4, -0.2) is 18.6 Å². The van der Waals surface area contributed by atoms with Crippen LogP contribution in [0.4, 0.5) is 5.69 Å². The molecule has 15 heavy (non-hydrogen) atoms. The van der Waals surface area contributed by atoms with Crippen molar-refractivity contribution in [1.29, 1.82) is 0 Å². The molecule has 1 aromatic rings. The van der Waals surface area contributed by atoms with E-state index in [1.165, 1.54) is 0 Å². The van der Waals surface area contributed by atoms with Gasteiger partial charge in [0.05, 0.1) is 5.69 Å². The molecule has 0 unspecified atom stereocenters. The Labute approximate surface area is 88.6 Å². The molecule has 1 aliphatic rings. The van der Waals surface area contributed by atoms with Crippen molar-refractivity contribution >= 4 is 11.7 Å². The highest BCUT2D eigenvalue weighted by Crippen LogP contribution is 2.09. The Balaban J connectivity index is 1.80. The van der Waals surface area contributed by atoms with E-state index in [2.05, 4.69) is 10.8 Å². The summed E-state index contributed by atoms with van der Waals surface area (Å²) in [7, 11) is 0. The lowest BCUT2D eigenvalue weighted by Crippen LogP contribution is -2.33. The Bertz CT molecular complexity index is 321. The molecule has 0 spiro atoms. The summed E-state index contributed by atoms with van der Waals surface area (Å²) < 4.78 is 0. The van der Waals surface area contributed by atoms with E-state index in [4.69, 9.17) is 4.84 Å². The summed E-state index contributed by atoms with van der Waals surface area (Å²) in [4.78, 5) is 16.4. The lowest BCUT2D eigenvalue weighted by atomic mass is 10.2. The largest absolute Gasteiger partial charge is 0.348 e. The Morgan fingerprint density at radius 3 is 2.87 bits per heavy atom. The normalized spacial score (nSPS) is 19.9. The molecule has 0 aromatic heterocycles. The van der Waals surface area contributed by atoms with Gasteiger partial charge in [0, 0.05) is 0 Å². The third-order valence-corrected chi connectivity index (χ3v) is 2.39. The summed E-state index contributed by atoms with van der Waals surface area (Å²) in [5.41, 5.74) is 3.41. The first-order valence-corrected chi connectivity index (χ1v) is 5.11. The maximum atomic E-state index is 11.5. The highest BCUT2D eigenvalue weighted by molar-refractivity contribution is 5.76. The summed E-state index contributed by atoms with van der Waals surface area (Å²) in [6.07, 6.45) is 1.89. The first kappa shape index (κ1) is 9.98. The zero-order chi connectivity index (χ0) is 10.5. The summed E-state index contributed by atoms with van der Waals surface area (Å²) in [5, 5.41) is 3.08. The Kier molecular flexibility index (Phi) is 3.19. The number of nitrogens with one attached hydrogen (secondary N) is 2. The minimum atomic E-state index is -0.239. The fraction of sp³-hybridized carbons (Fsp3) is 0.364. The molecule has 0 radical (unpaired) electrons. The van der Waals surface area contributed by atoms with Crippen LogP contribution in [0.15, 0.2) is 30.3 Å². The monoisotopic (exact) mass is 206 g/mol. The summed E-state index contributed by atoms with van der Waals surface area (Å²) in [5.74, 6) is -0.239. The summed E-state index contributed by atoms with van der Waals surface area (Å²) >= 11 is 0. The molecule has 4 heteroatoms. The number of benzene rings is 1. The SMILES string of the molecule is O=C(ONc1ccccc1)[C@@H]1CCCN1. The molecule has 0 saturated carbocycles. The molecule has 80 valence electrons. The first-order chi connectivity index (χ1) is 7.36. The van der Waals surface area contributed by atoms with Crippen molar-refractivity contribution in [2.45, 2.75) is 18.9 Å². The average Bonchev–Trinajstić information content (AvgIpc) is 2.81. The predicted octanol–water partition coefficient (Wildman–Crippen LogP) is 1.31. The fourth-order valence-electron chi connectivity index (χ4n) is 1.57. The van der Waals surface area contributed by atoms with Crippen LogP contribution >= 0.6 is 0 Å². The van der Waals surface area contributed by atoms with Gasteiger partial charge in [0.25, 0.3) is 0 Å². The van der Waals surface area contributed by atoms with Gasteiger partial charge >= 0.3 is 5.97 Å². The molecule has 1 heterocycles. The Morgan fingerprint density at radius 2 is 2.20 bits per heavy atom. The van der Waals surface area contributed by atoms with Crippen LogP contribution in [0.5, 0.6) is 0 Å². The molecule has 1 atom stereocenters. The predicted molar refractivity (Wildman–Crippen MR) is 57.2 cm³/mol. The topological polar surface area (TPSA) is 50.4 Å². The molecule has 2 rings (SSSR count). The third-order valence-electron chi connectivity index (χ3n) is 2.39. The highest BCUT2D eigenvalue weighted by atomic mass is 16.7. The van der Waals surface area contributed by atoms with E-state index in [9.17, 15) is 4.79 Å².